The van der Waals surface area contributed by atoms with Gasteiger partial charge in [0.05, 0.1) is 7.11 Å². The topological polar surface area (TPSA) is 73.1 Å². The first-order valence-electron chi connectivity index (χ1n) is 10.1. The zero-order chi connectivity index (χ0) is 21.2. The van der Waals surface area contributed by atoms with Crippen LogP contribution in [0, 0.1) is 6.92 Å². The Morgan fingerprint density at radius 2 is 2.07 bits per heavy atom. The van der Waals surface area contributed by atoms with Crippen LogP contribution in [0.4, 0.5) is 11.8 Å². The van der Waals surface area contributed by atoms with Gasteiger partial charge in [-0.3, -0.25) is 0 Å². The number of unbranched alkanes of at least 4 members (excludes halogenated alkanes) is 1. The van der Waals surface area contributed by atoms with Crippen molar-refractivity contribution in [2.45, 2.75) is 57.9 Å². The molecule has 0 saturated heterocycles. The maximum absolute atomic E-state index is 6.05. The monoisotopic (exact) mass is 436 g/mol. The Labute approximate surface area is 184 Å². The van der Waals surface area contributed by atoms with Crippen LogP contribution >= 0.6 is 23.4 Å². The van der Waals surface area contributed by atoms with Gasteiger partial charge in [-0.05, 0) is 49.0 Å². The van der Waals surface area contributed by atoms with E-state index in [4.69, 9.17) is 22.1 Å². The number of alkyl halides is 1. The van der Waals surface area contributed by atoms with Crippen LogP contribution in [0.25, 0.3) is 0 Å². The molecule has 1 heterocycles. The van der Waals surface area contributed by atoms with Crippen LogP contribution in [-0.2, 0) is 12.3 Å². The summed E-state index contributed by atoms with van der Waals surface area (Å²) < 4.78 is 5.58. The van der Waals surface area contributed by atoms with E-state index in [1.165, 1.54) is 12.8 Å². The molecule has 1 atom stereocenters. The largest absolute Gasteiger partial charge is 0.496 e. The molecule has 0 radical (unpaired) electrons. The second-order valence-corrected chi connectivity index (χ2v) is 8.47. The third-order valence-corrected chi connectivity index (χ3v) is 5.97. The number of ether oxygens (including phenoxy) is 1. The van der Waals surface area contributed by atoms with Crippen molar-refractivity contribution in [3.63, 3.8) is 0 Å². The number of halogens is 1. The predicted molar refractivity (Wildman–Crippen MR) is 126 cm³/mol. The van der Waals surface area contributed by atoms with Crippen LogP contribution in [0.1, 0.15) is 55.0 Å². The summed E-state index contributed by atoms with van der Waals surface area (Å²) in [6.45, 7) is 4.21. The lowest BCUT2D eigenvalue weighted by molar-refractivity contribution is 0.410. The second-order valence-electron chi connectivity index (χ2n) is 7.22. The Hall–Kier alpha value is -1.66. The number of thioether (sulfide) groups is 1. The predicted octanol–water partition coefficient (Wildman–Crippen LogP) is 5.43. The first-order chi connectivity index (χ1) is 14.0. The fourth-order valence-electron chi connectivity index (χ4n) is 3.39. The van der Waals surface area contributed by atoms with Crippen molar-refractivity contribution >= 4 is 35.1 Å². The van der Waals surface area contributed by atoms with Gasteiger partial charge in [-0.25, -0.2) is 4.98 Å². The smallest absolute Gasteiger partial charge is 0.222 e. The number of methoxy groups -OCH3 is 1. The third kappa shape index (κ3) is 6.96. The second kappa shape index (κ2) is 12.1. The van der Waals surface area contributed by atoms with E-state index in [2.05, 4.69) is 34.5 Å². The number of nitrogens with zero attached hydrogens (tertiary/aromatic N) is 2. The lowest BCUT2D eigenvalue weighted by Gasteiger charge is -2.22. The molecule has 2 rings (SSSR count). The summed E-state index contributed by atoms with van der Waals surface area (Å²) in [6, 6.07) is 6.42. The summed E-state index contributed by atoms with van der Waals surface area (Å²) in [5.41, 5.74) is 10.1. The summed E-state index contributed by atoms with van der Waals surface area (Å²) in [5, 5.41) is 3.67. The molecule has 1 aromatic carbocycles. The highest BCUT2D eigenvalue weighted by Crippen LogP contribution is 2.29. The van der Waals surface area contributed by atoms with Crippen LogP contribution < -0.4 is 15.8 Å². The fraction of sp³-hybridized carbons (Fsp3) is 0.545. The Kier molecular flexibility index (Phi) is 9.88. The molecule has 5 nitrogen and oxygen atoms in total. The van der Waals surface area contributed by atoms with Crippen molar-refractivity contribution in [3.05, 3.63) is 40.6 Å². The highest BCUT2D eigenvalue weighted by atomic mass is 35.5. The molecule has 0 spiro atoms. The van der Waals surface area contributed by atoms with Crippen LogP contribution in [0.2, 0.25) is 0 Å². The molecule has 29 heavy (non-hydrogen) atoms. The number of hydrogen-bond acceptors (Lipinski definition) is 6. The highest BCUT2D eigenvalue weighted by molar-refractivity contribution is 7.98. The molecule has 0 aliphatic rings. The van der Waals surface area contributed by atoms with Crippen molar-refractivity contribution in [1.82, 2.24) is 9.97 Å². The molecule has 0 unspecified atom stereocenters. The van der Waals surface area contributed by atoms with E-state index >= 15 is 0 Å². The summed E-state index contributed by atoms with van der Waals surface area (Å²) in [4.78, 5) is 8.98. The normalized spacial score (nSPS) is 12.0. The van der Waals surface area contributed by atoms with Gasteiger partial charge >= 0.3 is 0 Å². The maximum atomic E-state index is 6.05. The molecule has 0 saturated carbocycles. The zero-order valence-corrected chi connectivity index (χ0v) is 19.5. The molecule has 160 valence electrons. The lowest BCUT2D eigenvalue weighted by Crippen LogP contribution is -2.23. The van der Waals surface area contributed by atoms with E-state index in [-0.39, 0.29) is 0 Å². The highest BCUT2D eigenvalue weighted by Gasteiger charge is 2.17. The molecule has 3 N–H and O–H groups in total. The molecule has 7 heteroatoms. The number of rotatable bonds is 12. The molecule has 0 amide bonds. The Morgan fingerprint density at radius 1 is 1.28 bits per heavy atom. The summed E-state index contributed by atoms with van der Waals surface area (Å²) in [6.07, 6.45) is 7.37. The van der Waals surface area contributed by atoms with Gasteiger partial charge < -0.3 is 15.8 Å². The van der Waals surface area contributed by atoms with E-state index in [0.29, 0.717) is 24.3 Å². The van der Waals surface area contributed by atoms with Gasteiger partial charge in [-0.15, -0.1) is 11.6 Å². The summed E-state index contributed by atoms with van der Waals surface area (Å²) in [5.74, 6) is 3.55. The number of nitrogen functional groups attached to an aromatic ring is 1. The van der Waals surface area contributed by atoms with E-state index in [1.807, 2.05) is 30.8 Å². The number of aryl methyl sites for hydroxylation is 1. The maximum Gasteiger partial charge on any atom is 0.222 e. The number of nitrogens with one attached hydrogen (secondary N) is 1. The van der Waals surface area contributed by atoms with Crippen molar-refractivity contribution in [2.75, 3.05) is 30.2 Å². The minimum absolute atomic E-state index is 0.300. The van der Waals surface area contributed by atoms with Crippen molar-refractivity contribution in [3.8, 4) is 5.75 Å². The minimum Gasteiger partial charge on any atom is -0.496 e. The SMILES string of the molecule is CCCC[C@@H](CCSC)Nc1nc(N)nc(C)c1Cc1cc(CCl)ccc1OC. The summed E-state index contributed by atoms with van der Waals surface area (Å²) in [7, 11) is 1.69. The molecular weight excluding hydrogens is 404 g/mol. The lowest BCUT2D eigenvalue weighted by atomic mass is 10.0. The van der Waals surface area contributed by atoms with E-state index in [1.54, 1.807) is 7.11 Å². The van der Waals surface area contributed by atoms with Gasteiger partial charge in [-0.1, -0.05) is 31.9 Å². The molecule has 1 aromatic heterocycles. The standard InChI is InChI=1S/C22H33ClN4OS/c1-5-6-7-18(10-11-29-4)26-21-19(15(2)25-22(24)27-21)13-17-12-16(14-23)8-9-20(17)28-3/h8-9,12,18H,5-7,10-11,13-14H2,1-4H3,(H3,24,25,26,27)/t18-/m0/s1. The number of anilines is 2. The number of nitrogens with two attached hydrogens (primary N) is 1. The first kappa shape index (κ1) is 23.6. The van der Waals surface area contributed by atoms with Crippen LogP contribution in [0.15, 0.2) is 18.2 Å². The number of aromatic nitrogens is 2. The fourth-order valence-corrected chi connectivity index (χ4v) is 4.07. The Bertz CT molecular complexity index is 780. The Balaban J connectivity index is 2.37. The summed E-state index contributed by atoms with van der Waals surface area (Å²) >= 11 is 7.92. The minimum atomic E-state index is 0.300. The van der Waals surface area contributed by atoms with Gasteiger partial charge in [-0.2, -0.15) is 16.7 Å². The molecule has 0 aliphatic heterocycles. The molecular formula is C22H33ClN4OS. The van der Waals surface area contributed by atoms with Gasteiger partial charge in [0.25, 0.3) is 0 Å². The third-order valence-electron chi connectivity index (χ3n) is 5.01. The van der Waals surface area contributed by atoms with Gasteiger partial charge in [0.1, 0.15) is 11.6 Å². The molecule has 0 fully saturated rings. The van der Waals surface area contributed by atoms with E-state index in [0.717, 1.165) is 52.5 Å². The van der Waals surface area contributed by atoms with Gasteiger partial charge in [0.2, 0.25) is 5.95 Å². The van der Waals surface area contributed by atoms with E-state index < -0.39 is 0 Å². The van der Waals surface area contributed by atoms with Crippen LogP contribution in [-0.4, -0.2) is 35.1 Å². The zero-order valence-electron chi connectivity index (χ0n) is 17.9. The van der Waals surface area contributed by atoms with Gasteiger partial charge in [0, 0.05) is 29.6 Å². The average Bonchev–Trinajstić information content (AvgIpc) is 2.72. The van der Waals surface area contributed by atoms with Crippen LogP contribution in [0.3, 0.4) is 0 Å². The van der Waals surface area contributed by atoms with Crippen molar-refractivity contribution in [2.24, 2.45) is 0 Å². The average molecular weight is 437 g/mol. The van der Waals surface area contributed by atoms with Crippen molar-refractivity contribution < 1.29 is 4.74 Å². The Morgan fingerprint density at radius 3 is 2.72 bits per heavy atom. The first-order valence-corrected chi connectivity index (χ1v) is 12.0. The van der Waals surface area contributed by atoms with E-state index in [9.17, 15) is 0 Å². The van der Waals surface area contributed by atoms with Crippen molar-refractivity contribution in [1.29, 1.82) is 0 Å². The molecule has 0 aliphatic carbocycles. The number of hydrogen-bond donors (Lipinski definition) is 2. The van der Waals surface area contributed by atoms with Gasteiger partial charge in [0.15, 0.2) is 0 Å². The molecule has 0 bridgehead atoms. The molecule has 2 aromatic rings. The quantitative estimate of drug-likeness (QED) is 0.432. The number of benzene rings is 1. The van der Waals surface area contributed by atoms with Crippen LogP contribution in [0.5, 0.6) is 5.75 Å².